The number of hydrogen-bond donors (Lipinski definition) is 1. The topological polar surface area (TPSA) is 66.5 Å². The minimum absolute atomic E-state index is 0.141. The summed E-state index contributed by atoms with van der Waals surface area (Å²) in [6.45, 7) is 3.94. The predicted octanol–water partition coefficient (Wildman–Crippen LogP) is 3.87. The Morgan fingerprint density at radius 2 is 1.52 bits per heavy atom. The lowest BCUT2D eigenvalue weighted by atomic mass is 9.85. The first-order valence-electron chi connectivity index (χ1n) is 9.99. The van der Waals surface area contributed by atoms with Gasteiger partial charge in [0.2, 0.25) is 11.8 Å². The summed E-state index contributed by atoms with van der Waals surface area (Å²) < 4.78 is 0. The van der Waals surface area contributed by atoms with Crippen molar-refractivity contribution >= 4 is 29.1 Å². The number of carbonyl (C=O) groups excluding carboxylic acids is 3. The second kappa shape index (κ2) is 6.41. The monoisotopic (exact) mass is 386 g/mol. The van der Waals surface area contributed by atoms with Gasteiger partial charge in [0.1, 0.15) is 0 Å². The fourth-order valence-electron chi connectivity index (χ4n) is 5.25. The van der Waals surface area contributed by atoms with Gasteiger partial charge in [0.05, 0.1) is 23.1 Å². The third-order valence-electron chi connectivity index (χ3n) is 6.34. The summed E-state index contributed by atoms with van der Waals surface area (Å²) >= 11 is 0. The zero-order chi connectivity index (χ0) is 20.3. The molecule has 1 heterocycles. The van der Waals surface area contributed by atoms with Crippen LogP contribution in [0, 0.1) is 37.5 Å². The maximum Gasteiger partial charge on any atom is 0.257 e. The van der Waals surface area contributed by atoms with E-state index in [0.717, 1.165) is 17.5 Å². The van der Waals surface area contributed by atoms with Gasteiger partial charge >= 0.3 is 0 Å². The first-order chi connectivity index (χ1) is 13.9. The molecule has 29 heavy (non-hydrogen) atoms. The third kappa shape index (κ3) is 2.72. The Morgan fingerprint density at radius 3 is 2.14 bits per heavy atom. The van der Waals surface area contributed by atoms with Crippen LogP contribution in [0.2, 0.25) is 0 Å². The minimum Gasteiger partial charge on any atom is -0.322 e. The van der Waals surface area contributed by atoms with Crippen LogP contribution in [0.5, 0.6) is 0 Å². The van der Waals surface area contributed by atoms with Crippen LogP contribution >= 0.6 is 0 Å². The highest BCUT2D eigenvalue weighted by Crippen LogP contribution is 2.53. The van der Waals surface area contributed by atoms with Crippen molar-refractivity contribution in [2.75, 3.05) is 10.2 Å². The number of nitrogens with zero attached hydrogens (tertiary/aromatic N) is 1. The fourth-order valence-corrected chi connectivity index (χ4v) is 5.25. The summed E-state index contributed by atoms with van der Waals surface area (Å²) in [5.41, 5.74) is 3.50. The predicted molar refractivity (Wildman–Crippen MR) is 111 cm³/mol. The average molecular weight is 386 g/mol. The molecule has 2 aromatic rings. The van der Waals surface area contributed by atoms with Gasteiger partial charge in [-0.15, -0.1) is 0 Å². The average Bonchev–Trinajstić information content (AvgIpc) is 3.35. The van der Waals surface area contributed by atoms with Crippen LogP contribution in [0.25, 0.3) is 0 Å². The lowest BCUT2D eigenvalue weighted by molar-refractivity contribution is -0.123. The van der Waals surface area contributed by atoms with E-state index in [0.29, 0.717) is 16.9 Å². The molecular formula is C24H22N2O3. The van der Waals surface area contributed by atoms with Gasteiger partial charge in [-0.05, 0) is 67.5 Å². The van der Waals surface area contributed by atoms with Gasteiger partial charge in [0.25, 0.3) is 5.91 Å². The van der Waals surface area contributed by atoms with E-state index in [1.165, 1.54) is 4.90 Å². The van der Waals surface area contributed by atoms with Crippen LogP contribution in [-0.2, 0) is 9.59 Å². The van der Waals surface area contributed by atoms with Crippen molar-refractivity contribution in [1.29, 1.82) is 0 Å². The van der Waals surface area contributed by atoms with Crippen molar-refractivity contribution in [3.8, 4) is 0 Å². The second-order valence-corrected chi connectivity index (χ2v) is 8.36. The third-order valence-corrected chi connectivity index (χ3v) is 6.34. The van der Waals surface area contributed by atoms with Crippen LogP contribution in [0.15, 0.2) is 54.6 Å². The van der Waals surface area contributed by atoms with E-state index in [4.69, 9.17) is 0 Å². The molecule has 3 aliphatic rings. The fraction of sp³-hybridized carbons (Fsp3) is 0.292. The highest BCUT2D eigenvalue weighted by Gasteiger charge is 2.59. The molecule has 1 saturated carbocycles. The summed E-state index contributed by atoms with van der Waals surface area (Å²) in [7, 11) is 0. The first-order valence-corrected chi connectivity index (χ1v) is 9.99. The molecule has 5 nitrogen and oxygen atoms in total. The Morgan fingerprint density at radius 1 is 0.931 bits per heavy atom. The maximum atomic E-state index is 13.1. The standard InChI is InChI=1S/C24H22N2O3/c1-13-9-14(2)11-17(10-13)25-22(27)18-5-3-4-6-19(18)26-23(28)20-15-7-8-16(12-15)21(20)24(26)29/h3-11,15-16,20-21H,12H2,1-2H3,(H,25,27)/t15-,16-,20-,21+/m0/s1. The quantitative estimate of drug-likeness (QED) is 0.643. The molecule has 1 aliphatic heterocycles. The molecule has 5 heteroatoms. The number of hydrogen-bond acceptors (Lipinski definition) is 3. The smallest absolute Gasteiger partial charge is 0.257 e. The molecule has 2 aromatic carbocycles. The van der Waals surface area contributed by atoms with Crippen LogP contribution in [0.1, 0.15) is 27.9 Å². The Kier molecular flexibility index (Phi) is 3.95. The van der Waals surface area contributed by atoms with Gasteiger partial charge in [0.15, 0.2) is 0 Å². The molecule has 0 radical (unpaired) electrons. The number of benzene rings is 2. The maximum absolute atomic E-state index is 13.1. The van der Waals surface area contributed by atoms with Gasteiger partial charge in [-0.3, -0.25) is 14.4 Å². The number of imide groups is 1. The molecule has 2 aliphatic carbocycles. The number of nitrogens with one attached hydrogen (secondary N) is 1. The number of aryl methyl sites for hydroxylation is 2. The summed E-state index contributed by atoms with van der Waals surface area (Å²) in [6, 6.07) is 12.7. The van der Waals surface area contributed by atoms with E-state index in [9.17, 15) is 14.4 Å². The SMILES string of the molecule is Cc1cc(C)cc(NC(=O)c2ccccc2N2C(=O)[C@@H]3[C@H](C2=O)[C@H]2C=C[C@H]3C2)c1. The summed E-state index contributed by atoms with van der Waals surface area (Å²) in [5.74, 6) is -0.970. The molecule has 1 N–H and O–H groups in total. The largest absolute Gasteiger partial charge is 0.322 e. The Hall–Kier alpha value is -3.21. The van der Waals surface area contributed by atoms with Crippen molar-refractivity contribution in [2.45, 2.75) is 20.3 Å². The first kappa shape index (κ1) is 17.9. The zero-order valence-corrected chi connectivity index (χ0v) is 16.4. The van der Waals surface area contributed by atoms with Gasteiger partial charge in [-0.2, -0.15) is 0 Å². The molecule has 0 spiro atoms. The van der Waals surface area contributed by atoms with Crippen molar-refractivity contribution in [2.24, 2.45) is 23.7 Å². The van der Waals surface area contributed by atoms with Crippen molar-refractivity contribution in [1.82, 2.24) is 0 Å². The summed E-state index contributed by atoms with van der Waals surface area (Å²) in [6.07, 6.45) is 5.02. The van der Waals surface area contributed by atoms with E-state index in [-0.39, 0.29) is 41.4 Å². The molecule has 2 bridgehead atoms. The highest BCUT2D eigenvalue weighted by molar-refractivity contribution is 6.25. The van der Waals surface area contributed by atoms with E-state index in [1.807, 2.05) is 32.0 Å². The highest BCUT2D eigenvalue weighted by atomic mass is 16.2. The molecule has 0 unspecified atom stereocenters. The molecule has 5 rings (SSSR count). The van der Waals surface area contributed by atoms with Crippen LogP contribution < -0.4 is 10.2 Å². The van der Waals surface area contributed by atoms with Crippen molar-refractivity contribution < 1.29 is 14.4 Å². The van der Waals surface area contributed by atoms with Crippen LogP contribution in [0.4, 0.5) is 11.4 Å². The number of carbonyl (C=O) groups is 3. The molecule has 4 atom stereocenters. The Labute approximate surface area is 169 Å². The van der Waals surface area contributed by atoms with Gasteiger partial charge < -0.3 is 5.32 Å². The lowest BCUT2D eigenvalue weighted by Gasteiger charge is -2.20. The van der Waals surface area contributed by atoms with Crippen LogP contribution in [-0.4, -0.2) is 17.7 Å². The molecule has 0 aromatic heterocycles. The summed E-state index contributed by atoms with van der Waals surface area (Å²) in [4.78, 5) is 40.6. The number of anilines is 2. The molecule has 146 valence electrons. The number of rotatable bonds is 3. The Balaban J connectivity index is 1.48. The normalized spacial score (nSPS) is 26.9. The van der Waals surface area contributed by atoms with Gasteiger partial charge in [0, 0.05) is 5.69 Å². The van der Waals surface area contributed by atoms with E-state index in [2.05, 4.69) is 17.5 Å². The van der Waals surface area contributed by atoms with E-state index in [1.54, 1.807) is 24.3 Å². The van der Waals surface area contributed by atoms with E-state index >= 15 is 0 Å². The molecule has 2 fully saturated rings. The van der Waals surface area contributed by atoms with Gasteiger partial charge in [-0.1, -0.05) is 30.4 Å². The van der Waals surface area contributed by atoms with Crippen molar-refractivity contribution in [3.05, 3.63) is 71.3 Å². The number of para-hydroxylation sites is 1. The minimum atomic E-state index is -0.329. The number of fused-ring (bicyclic) bond motifs is 5. The molecule has 3 amide bonds. The van der Waals surface area contributed by atoms with Crippen LogP contribution in [0.3, 0.4) is 0 Å². The van der Waals surface area contributed by atoms with Crippen molar-refractivity contribution in [3.63, 3.8) is 0 Å². The lowest BCUT2D eigenvalue weighted by Crippen LogP contribution is -2.34. The number of amides is 3. The second-order valence-electron chi connectivity index (χ2n) is 8.36. The number of allylic oxidation sites excluding steroid dienone is 2. The van der Waals surface area contributed by atoms with Gasteiger partial charge in [-0.25, -0.2) is 4.90 Å². The molecule has 1 saturated heterocycles. The van der Waals surface area contributed by atoms with E-state index < -0.39 is 0 Å². The molecular weight excluding hydrogens is 364 g/mol. The Bertz CT molecular complexity index is 1040. The zero-order valence-electron chi connectivity index (χ0n) is 16.4. The summed E-state index contributed by atoms with van der Waals surface area (Å²) in [5, 5.41) is 2.91.